The largest absolute Gasteiger partial charge is 0.504 e. The second-order valence-corrected chi connectivity index (χ2v) is 3.16. The molecule has 0 aliphatic heterocycles. The van der Waals surface area contributed by atoms with Crippen LogP contribution in [0.2, 0.25) is 0 Å². The molecule has 4 N–H and O–H groups in total. The van der Waals surface area contributed by atoms with Crippen LogP contribution in [0.5, 0.6) is 17.2 Å². The Morgan fingerprint density at radius 1 is 1.14 bits per heavy atom. The molecule has 1 aromatic carbocycles. The van der Waals surface area contributed by atoms with Gasteiger partial charge in [-0.1, -0.05) is 6.92 Å². The van der Waals surface area contributed by atoms with Crippen molar-refractivity contribution in [3.8, 4) is 17.2 Å². The Morgan fingerprint density at radius 2 is 1.71 bits per heavy atom. The summed E-state index contributed by atoms with van der Waals surface area (Å²) in [5.41, 5.74) is 0.742. The summed E-state index contributed by atoms with van der Waals surface area (Å²) in [5, 5.41) is 30.6. The second-order valence-electron chi connectivity index (χ2n) is 3.16. The average molecular weight is 197 g/mol. The predicted octanol–water partition coefficient (Wildman–Crippen LogP) is 1.30. The number of phenols is 3. The van der Waals surface area contributed by atoms with Crippen LogP contribution in [0.1, 0.15) is 18.9 Å². The fraction of sp³-hybridized carbons (Fsp3) is 0.400. The van der Waals surface area contributed by atoms with Crippen LogP contribution in [-0.2, 0) is 6.54 Å². The lowest BCUT2D eigenvalue weighted by molar-refractivity contribution is 0.367. The monoisotopic (exact) mass is 197 g/mol. The summed E-state index contributed by atoms with van der Waals surface area (Å²) < 4.78 is 0. The molecule has 0 amide bonds. The molecule has 0 heterocycles. The highest BCUT2D eigenvalue weighted by Gasteiger charge is 2.07. The molecule has 14 heavy (non-hydrogen) atoms. The zero-order valence-electron chi connectivity index (χ0n) is 8.12. The van der Waals surface area contributed by atoms with E-state index < -0.39 is 5.75 Å². The zero-order valence-corrected chi connectivity index (χ0v) is 8.12. The van der Waals surface area contributed by atoms with E-state index in [9.17, 15) is 10.2 Å². The molecule has 1 rings (SSSR count). The molecule has 0 aliphatic rings. The molecule has 0 spiro atoms. The van der Waals surface area contributed by atoms with Crippen molar-refractivity contribution in [3.63, 3.8) is 0 Å². The van der Waals surface area contributed by atoms with E-state index in [4.69, 9.17) is 5.11 Å². The van der Waals surface area contributed by atoms with Crippen LogP contribution in [-0.4, -0.2) is 21.9 Å². The Morgan fingerprint density at radius 3 is 2.21 bits per heavy atom. The van der Waals surface area contributed by atoms with Crippen molar-refractivity contribution >= 4 is 0 Å². The van der Waals surface area contributed by atoms with Gasteiger partial charge >= 0.3 is 0 Å². The van der Waals surface area contributed by atoms with Crippen LogP contribution in [0, 0.1) is 0 Å². The van der Waals surface area contributed by atoms with Crippen molar-refractivity contribution in [2.24, 2.45) is 0 Å². The molecule has 4 nitrogen and oxygen atoms in total. The summed E-state index contributed by atoms with van der Waals surface area (Å²) in [6, 6.07) is 2.86. The lowest BCUT2D eigenvalue weighted by Crippen LogP contribution is -2.13. The predicted molar refractivity (Wildman–Crippen MR) is 53.4 cm³/mol. The van der Waals surface area contributed by atoms with E-state index in [1.807, 2.05) is 0 Å². The number of hydrogen-bond acceptors (Lipinski definition) is 4. The number of aromatic hydroxyl groups is 3. The lowest BCUT2D eigenvalue weighted by Gasteiger charge is -2.06. The number of nitrogens with one attached hydrogen (secondary N) is 1. The lowest BCUT2D eigenvalue weighted by atomic mass is 10.2. The van der Waals surface area contributed by atoms with Crippen LogP contribution < -0.4 is 5.32 Å². The first-order chi connectivity index (χ1) is 6.65. The van der Waals surface area contributed by atoms with Crippen molar-refractivity contribution in [2.45, 2.75) is 19.9 Å². The van der Waals surface area contributed by atoms with Gasteiger partial charge in [0.25, 0.3) is 0 Å². The maximum Gasteiger partial charge on any atom is 0.200 e. The molecule has 0 aromatic heterocycles. The fourth-order valence-electron chi connectivity index (χ4n) is 1.17. The number of benzene rings is 1. The number of phenolic OH excluding ortho intramolecular Hbond substituents is 3. The molecule has 0 unspecified atom stereocenters. The van der Waals surface area contributed by atoms with Gasteiger partial charge in [-0.2, -0.15) is 0 Å². The Kier molecular flexibility index (Phi) is 3.59. The molecule has 0 bridgehead atoms. The van der Waals surface area contributed by atoms with Crippen LogP contribution in [0.15, 0.2) is 12.1 Å². The minimum Gasteiger partial charge on any atom is -0.504 e. The van der Waals surface area contributed by atoms with Crippen LogP contribution in [0.4, 0.5) is 0 Å². The number of rotatable bonds is 4. The third kappa shape index (κ3) is 2.53. The molecular formula is C10H15NO3. The van der Waals surface area contributed by atoms with Gasteiger partial charge < -0.3 is 20.6 Å². The Labute approximate surface area is 82.8 Å². The Bertz CT molecular complexity index is 289. The topological polar surface area (TPSA) is 72.7 Å². The highest BCUT2D eigenvalue weighted by Crippen LogP contribution is 2.35. The third-order valence-corrected chi connectivity index (χ3v) is 1.89. The maximum atomic E-state index is 9.20. The van der Waals surface area contributed by atoms with Crippen molar-refractivity contribution in [1.82, 2.24) is 5.32 Å². The first-order valence-electron chi connectivity index (χ1n) is 4.59. The van der Waals surface area contributed by atoms with Crippen molar-refractivity contribution < 1.29 is 15.3 Å². The van der Waals surface area contributed by atoms with Gasteiger partial charge in [-0.05, 0) is 30.7 Å². The second kappa shape index (κ2) is 4.72. The standard InChI is InChI=1S/C10H15NO3/c1-2-3-11-6-7-4-8(12)10(14)9(13)5-7/h4-5,11-14H,2-3,6H2,1H3. The van der Waals surface area contributed by atoms with Gasteiger partial charge in [0.1, 0.15) is 0 Å². The van der Waals surface area contributed by atoms with Crippen LogP contribution in [0.25, 0.3) is 0 Å². The van der Waals surface area contributed by atoms with E-state index in [0.717, 1.165) is 18.5 Å². The molecule has 0 saturated heterocycles. The summed E-state index contributed by atoms with van der Waals surface area (Å²) in [5.74, 6) is -1.05. The minimum atomic E-state index is -0.468. The molecule has 4 heteroatoms. The highest BCUT2D eigenvalue weighted by atomic mass is 16.3. The van der Waals surface area contributed by atoms with Gasteiger partial charge in [0, 0.05) is 6.54 Å². The molecular weight excluding hydrogens is 182 g/mol. The van der Waals surface area contributed by atoms with E-state index >= 15 is 0 Å². The van der Waals surface area contributed by atoms with E-state index in [1.54, 1.807) is 0 Å². The highest BCUT2D eigenvalue weighted by molar-refractivity contribution is 5.50. The van der Waals surface area contributed by atoms with Gasteiger partial charge in [-0.3, -0.25) is 0 Å². The molecule has 0 radical (unpaired) electrons. The fourth-order valence-corrected chi connectivity index (χ4v) is 1.17. The summed E-state index contributed by atoms with van der Waals surface area (Å²) in [4.78, 5) is 0. The smallest absolute Gasteiger partial charge is 0.200 e. The van der Waals surface area contributed by atoms with Crippen molar-refractivity contribution in [1.29, 1.82) is 0 Å². The molecule has 0 saturated carbocycles. The molecule has 78 valence electrons. The SMILES string of the molecule is CCCNCc1cc(O)c(O)c(O)c1. The van der Waals surface area contributed by atoms with Gasteiger partial charge in [0.05, 0.1) is 0 Å². The Hall–Kier alpha value is -1.42. The first kappa shape index (κ1) is 10.7. The molecule has 1 aromatic rings. The van der Waals surface area contributed by atoms with E-state index in [0.29, 0.717) is 6.54 Å². The first-order valence-corrected chi connectivity index (χ1v) is 4.59. The van der Waals surface area contributed by atoms with E-state index in [2.05, 4.69) is 12.2 Å². The summed E-state index contributed by atoms with van der Waals surface area (Å²) in [6.07, 6.45) is 1.02. The van der Waals surface area contributed by atoms with Crippen LogP contribution in [0.3, 0.4) is 0 Å². The quantitative estimate of drug-likeness (QED) is 0.433. The summed E-state index contributed by atoms with van der Waals surface area (Å²) in [7, 11) is 0. The van der Waals surface area contributed by atoms with Gasteiger partial charge in [0.2, 0.25) is 0 Å². The molecule has 0 atom stereocenters. The number of hydrogen-bond donors (Lipinski definition) is 4. The van der Waals surface area contributed by atoms with E-state index in [-0.39, 0.29) is 11.5 Å². The molecule has 0 fully saturated rings. The summed E-state index contributed by atoms with van der Waals surface area (Å²) in [6.45, 7) is 3.50. The van der Waals surface area contributed by atoms with Gasteiger partial charge in [-0.25, -0.2) is 0 Å². The van der Waals surface area contributed by atoms with Gasteiger partial charge in [-0.15, -0.1) is 0 Å². The van der Waals surface area contributed by atoms with Crippen LogP contribution >= 0.6 is 0 Å². The van der Waals surface area contributed by atoms with Crippen molar-refractivity contribution in [2.75, 3.05) is 6.54 Å². The zero-order chi connectivity index (χ0) is 10.6. The normalized spacial score (nSPS) is 10.4. The van der Waals surface area contributed by atoms with Gasteiger partial charge in [0.15, 0.2) is 17.2 Å². The molecule has 0 aliphatic carbocycles. The minimum absolute atomic E-state index is 0.293. The maximum absolute atomic E-state index is 9.20. The van der Waals surface area contributed by atoms with Crippen molar-refractivity contribution in [3.05, 3.63) is 17.7 Å². The third-order valence-electron chi connectivity index (χ3n) is 1.89. The summed E-state index contributed by atoms with van der Waals surface area (Å²) >= 11 is 0. The van der Waals surface area contributed by atoms with E-state index in [1.165, 1.54) is 12.1 Å². The average Bonchev–Trinajstić information content (AvgIpc) is 2.14. The Balaban J connectivity index is 2.69.